The van der Waals surface area contributed by atoms with Crippen molar-refractivity contribution in [3.05, 3.63) is 11.9 Å². The highest BCUT2D eigenvalue weighted by Crippen LogP contribution is 2.10. The fourth-order valence-electron chi connectivity index (χ4n) is 0.976. The number of H-pyrrole nitrogens is 1. The highest BCUT2D eigenvalue weighted by atomic mass is 32.2. The Labute approximate surface area is 82.4 Å². The number of aryl methyl sites for hydroxylation is 1. The second-order valence-electron chi connectivity index (χ2n) is 3.06. The van der Waals surface area contributed by atoms with E-state index in [1.54, 1.807) is 13.8 Å². The number of aromatic nitrogens is 2. The van der Waals surface area contributed by atoms with E-state index in [0.717, 1.165) is 0 Å². The third-order valence-corrected chi connectivity index (χ3v) is 3.41. The molecule has 0 aliphatic heterocycles. The number of aliphatic hydroxyl groups is 1. The maximum absolute atomic E-state index is 11.6. The second-order valence-corrected chi connectivity index (χ2v) is 4.75. The Morgan fingerprint density at radius 2 is 2.36 bits per heavy atom. The molecule has 0 aromatic carbocycles. The average molecular weight is 219 g/mol. The molecular weight excluding hydrogens is 206 g/mol. The minimum atomic E-state index is -3.56. The molecule has 1 aromatic heterocycles. The van der Waals surface area contributed by atoms with Gasteiger partial charge in [-0.3, -0.25) is 5.10 Å². The number of aromatic amines is 1. The van der Waals surface area contributed by atoms with Gasteiger partial charge in [0.05, 0.1) is 18.5 Å². The van der Waals surface area contributed by atoms with Crippen LogP contribution in [-0.4, -0.2) is 36.4 Å². The van der Waals surface area contributed by atoms with Gasteiger partial charge in [-0.15, -0.1) is 0 Å². The van der Waals surface area contributed by atoms with Crippen LogP contribution in [0.15, 0.2) is 11.1 Å². The SMILES string of the molecule is Cc1[nH]ncc1S(=O)(=O)N[C@H](C)CO. The van der Waals surface area contributed by atoms with Crippen molar-refractivity contribution in [3.63, 3.8) is 0 Å². The van der Waals surface area contributed by atoms with Gasteiger partial charge in [-0.1, -0.05) is 0 Å². The average Bonchev–Trinajstić information content (AvgIpc) is 2.51. The summed E-state index contributed by atoms with van der Waals surface area (Å²) in [5.74, 6) is 0. The maximum Gasteiger partial charge on any atom is 0.244 e. The first-order chi connectivity index (χ1) is 6.47. The molecule has 0 unspecified atom stereocenters. The molecule has 0 spiro atoms. The lowest BCUT2D eigenvalue weighted by molar-refractivity contribution is 0.265. The first kappa shape index (κ1) is 11.2. The molecule has 0 amide bonds. The van der Waals surface area contributed by atoms with E-state index in [1.165, 1.54) is 6.20 Å². The molecule has 3 N–H and O–H groups in total. The van der Waals surface area contributed by atoms with Crippen LogP contribution in [-0.2, 0) is 10.0 Å². The van der Waals surface area contributed by atoms with Crippen molar-refractivity contribution in [2.75, 3.05) is 6.61 Å². The van der Waals surface area contributed by atoms with Gasteiger partial charge in [0.1, 0.15) is 4.90 Å². The van der Waals surface area contributed by atoms with Gasteiger partial charge >= 0.3 is 0 Å². The summed E-state index contributed by atoms with van der Waals surface area (Å²) in [4.78, 5) is 0.109. The summed E-state index contributed by atoms with van der Waals surface area (Å²) in [5.41, 5.74) is 0.475. The highest BCUT2D eigenvalue weighted by Gasteiger charge is 2.20. The maximum atomic E-state index is 11.6. The van der Waals surface area contributed by atoms with Crippen LogP contribution in [0.4, 0.5) is 0 Å². The number of hydrogen-bond acceptors (Lipinski definition) is 4. The van der Waals surface area contributed by atoms with Gasteiger partial charge in [0.25, 0.3) is 0 Å². The van der Waals surface area contributed by atoms with Crippen LogP contribution < -0.4 is 4.72 Å². The van der Waals surface area contributed by atoms with E-state index in [1.807, 2.05) is 0 Å². The first-order valence-electron chi connectivity index (χ1n) is 4.10. The molecule has 6 nitrogen and oxygen atoms in total. The molecule has 1 rings (SSSR count). The summed E-state index contributed by atoms with van der Waals surface area (Å²) >= 11 is 0. The Balaban J connectivity index is 2.92. The van der Waals surface area contributed by atoms with Gasteiger partial charge in [-0.05, 0) is 13.8 Å². The number of hydrogen-bond donors (Lipinski definition) is 3. The number of sulfonamides is 1. The topological polar surface area (TPSA) is 95.1 Å². The Morgan fingerprint density at radius 3 is 2.79 bits per heavy atom. The fraction of sp³-hybridized carbons (Fsp3) is 0.571. The summed E-state index contributed by atoms with van der Waals surface area (Å²) in [6.45, 7) is 2.95. The van der Waals surface area contributed by atoms with Gasteiger partial charge < -0.3 is 5.11 Å². The standard InChI is InChI=1S/C7H13N3O3S/c1-5(4-11)10-14(12,13)7-3-8-9-6(7)2/h3,5,10-11H,4H2,1-2H3,(H,8,9)/t5-/m1/s1. The van der Waals surface area contributed by atoms with Crippen LogP contribution in [0.25, 0.3) is 0 Å². The zero-order valence-electron chi connectivity index (χ0n) is 7.98. The Morgan fingerprint density at radius 1 is 1.71 bits per heavy atom. The van der Waals surface area contributed by atoms with E-state index < -0.39 is 16.1 Å². The van der Waals surface area contributed by atoms with E-state index >= 15 is 0 Å². The van der Waals surface area contributed by atoms with Crippen molar-refractivity contribution in [3.8, 4) is 0 Å². The Kier molecular flexibility index (Phi) is 3.25. The Hall–Kier alpha value is -0.920. The lowest BCUT2D eigenvalue weighted by Gasteiger charge is -2.10. The molecule has 0 aliphatic rings. The molecule has 0 saturated carbocycles. The molecule has 1 aromatic rings. The molecule has 0 radical (unpaired) electrons. The summed E-state index contributed by atoms with van der Waals surface area (Å²) in [5, 5.41) is 14.9. The van der Waals surface area contributed by atoms with E-state index in [9.17, 15) is 8.42 Å². The normalized spacial score (nSPS) is 14.2. The van der Waals surface area contributed by atoms with Gasteiger partial charge in [0.2, 0.25) is 10.0 Å². The van der Waals surface area contributed by atoms with Crippen LogP contribution >= 0.6 is 0 Å². The highest BCUT2D eigenvalue weighted by molar-refractivity contribution is 7.89. The summed E-state index contributed by atoms with van der Waals surface area (Å²) in [7, 11) is -3.56. The molecular formula is C7H13N3O3S. The quantitative estimate of drug-likeness (QED) is 0.628. The van der Waals surface area contributed by atoms with Crippen molar-refractivity contribution in [2.24, 2.45) is 0 Å². The molecule has 1 heterocycles. The molecule has 0 aliphatic carbocycles. The lowest BCUT2D eigenvalue weighted by atomic mass is 10.4. The molecule has 0 fully saturated rings. The third kappa shape index (κ3) is 2.31. The third-order valence-electron chi connectivity index (χ3n) is 1.70. The van der Waals surface area contributed by atoms with Crippen LogP contribution in [0.5, 0.6) is 0 Å². The van der Waals surface area contributed by atoms with Crippen molar-refractivity contribution in [1.29, 1.82) is 0 Å². The minimum absolute atomic E-state index is 0.109. The fourth-order valence-corrected chi connectivity index (χ4v) is 2.35. The molecule has 1 atom stereocenters. The number of nitrogens with one attached hydrogen (secondary N) is 2. The van der Waals surface area contributed by atoms with E-state index in [-0.39, 0.29) is 11.5 Å². The largest absolute Gasteiger partial charge is 0.395 e. The zero-order valence-corrected chi connectivity index (χ0v) is 8.80. The van der Waals surface area contributed by atoms with E-state index in [4.69, 9.17) is 5.11 Å². The summed E-state index contributed by atoms with van der Waals surface area (Å²) < 4.78 is 25.5. The predicted octanol–water partition coefficient (Wildman–Crippen LogP) is -0.623. The molecule has 0 saturated heterocycles. The van der Waals surface area contributed by atoms with Crippen LogP contribution in [0.3, 0.4) is 0 Å². The second kappa shape index (κ2) is 4.07. The van der Waals surface area contributed by atoms with Crippen LogP contribution in [0.2, 0.25) is 0 Å². The van der Waals surface area contributed by atoms with E-state index in [0.29, 0.717) is 5.69 Å². The van der Waals surface area contributed by atoms with E-state index in [2.05, 4.69) is 14.9 Å². The molecule has 80 valence electrons. The first-order valence-corrected chi connectivity index (χ1v) is 5.59. The van der Waals surface area contributed by atoms with Crippen molar-refractivity contribution in [1.82, 2.24) is 14.9 Å². The summed E-state index contributed by atoms with van der Waals surface area (Å²) in [6, 6.07) is -0.505. The van der Waals surface area contributed by atoms with Crippen LogP contribution in [0.1, 0.15) is 12.6 Å². The minimum Gasteiger partial charge on any atom is -0.395 e. The monoisotopic (exact) mass is 219 g/mol. The van der Waals surface area contributed by atoms with Crippen molar-refractivity contribution >= 4 is 10.0 Å². The zero-order chi connectivity index (χ0) is 10.8. The molecule has 0 bridgehead atoms. The van der Waals surface area contributed by atoms with Gasteiger partial charge in [0, 0.05) is 6.04 Å². The van der Waals surface area contributed by atoms with Crippen LogP contribution in [0, 0.1) is 6.92 Å². The summed E-state index contributed by atoms with van der Waals surface area (Å²) in [6.07, 6.45) is 1.24. The molecule has 14 heavy (non-hydrogen) atoms. The predicted molar refractivity (Wildman–Crippen MR) is 50.2 cm³/mol. The number of rotatable bonds is 4. The van der Waals surface area contributed by atoms with Gasteiger partial charge in [0.15, 0.2) is 0 Å². The lowest BCUT2D eigenvalue weighted by Crippen LogP contribution is -2.35. The Bertz CT molecular complexity index is 398. The van der Waals surface area contributed by atoms with Crippen molar-refractivity contribution in [2.45, 2.75) is 24.8 Å². The van der Waals surface area contributed by atoms with Crippen molar-refractivity contribution < 1.29 is 13.5 Å². The molecule has 7 heteroatoms. The number of nitrogens with zero attached hydrogens (tertiary/aromatic N) is 1. The van der Waals surface area contributed by atoms with Gasteiger partial charge in [-0.25, -0.2) is 13.1 Å². The van der Waals surface area contributed by atoms with Gasteiger partial charge in [-0.2, -0.15) is 5.10 Å². The number of aliphatic hydroxyl groups excluding tert-OH is 1. The smallest absolute Gasteiger partial charge is 0.244 e.